The second kappa shape index (κ2) is 5.55. The zero-order chi connectivity index (χ0) is 14.8. The van der Waals surface area contributed by atoms with Crippen LogP contribution in [0.2, 0.25) is 0 Å². The lowest BCUT2D eigenvalue weighted by Crippen LogP contribution is -2.17. The SMILES string of the molecule is N#Cc1ccc(NC2C=CC(CO)C2)cc1C(F)(F)F. The second-order valence-corrected chi connectivity index (χ2v) is 4.68. The summed E-state index contributed by atoms with van der Waals surface area (Å²) in [5.74, 6) is 0.0352. The van der Waals surface area contributed by atoms with Crippen molar-refractivity contribution >= 4 is 5.69 Å². The Hall–Kier alpha value is -2.00. The summed E-state index contributed by atoms with van der Waals surface area (Å²) >= 11 is 0. The van der Waals surface area contributed by atoms with Crippen LogP contribution in [0.25, 0.3) is 0 Å². The van der Waals surface area contributed by atoms with Crippen molar-refractivity contribution in [3.63, 3.8) is 0 Å². The first-order valence-corrected chi connectivity index (χ1v) is 6.11. The van der Waals surface area contributed by atoms with Crippen LogP contribution in [0.4, 0.5) is 18.9 Å². The minimum atomic E-state index is -4.55. The first-order chi connectivity index (χ1) is 9.44. The molecule has 0 aromatic heterocycles. The minimum absolute atomic E-state index is 0.0237. The molecule has 1 aromatic carbocycles. The maximum Gasteiger partial charge on any atom is 0.417 e. The Morgan fingerprint density at radius 2 is 2.10 bits per heavy atom. The fourth-order valence-electron chi connectivity index (χ4n) is 2.20. The van der Waals surface area contributed by atoms with E-state index in [2.05, 4.69) is 5.32 Å². The van der Waals surface area contributed by atoms with Crippen LogP contribution in [-0.2, 0) is 6.18 Å². The zero-order valence-corrected chi connectivity index (χ0v) is 10.5. The van der Waals surface area contributed by atoms with Crippen molar-refractivity contribution in [3.05, 3.63) is 41.5 Å². The van der Waals surface area contributed by atoms with Gasteiger partial charge in [0.1, 0.15) is 0 Å². The molecule has 0 saturated carbocycles. The molecule has 0 saturated heterocycles. The number of halogens is 3. The van der Waals surface area contributed by atoms with Crippen molar-refractivity contribution in [1.82, 2.24) is 0 Å². The van der Waals surface area contributed by atoms with E-state index >= 15 is 0 Å². The molecule has 1 aliphatic carbocycles. The van der Waals surface area contributed by atoms with Crippen molar-refractivity contribution in [2.24, 2.45) is 5.92 Å². The number of nitriles is 1. The van der Waals surface area contributed by atoms with E-state index < -0.39 is 17.3 Å². The number of nitrogens with one attached hydrogen (secondary N) is 1. The zero-order valence-electron chi connectivity index (χ0n) is 10.5. The van der Waals surface area contributed by atoms with E-state index in [4.69, 9.17) is 10.4 Å². The van der Waals surface area contributed by atoms with Gasteiger partial charge in [-0.2, -0.15) is 18.4 Å². The Balaban J connectivity index is 2.19. The molecule has 0 amide bonds. The fourth-order valence-corrected chi connectivity index (χ4v) is 2.20. The Bertz CT molecular complexity index is 561. The van der Waals surface area contributed by atoms with Crippen LogP contribution in [0.1, 0.15) is 17.5 Å². The van der Waals surface area contributed by atoms with E-state index in [1.165, 1.54) is 6.07 Å². The van der Waals surface area contributed by atoms with Gasteiger partial charge in [-0.15, -0.1) is 0 Å². The average molecular weight is 282 g/mol. The summed E-state index contributed by atoms with van der Waals surface area (Å²) in [5.41, 5.74) is -1.02. The standard InChI is InChI=1S/C14H13F3N2O/c15-14(16,17)13-6-12(4-2-10(13)7-18)19-11-3-1-9(5-11)8-20/h1-4,6,9,11,19-20H,5,8H2. The van der Waals surface area contributed by atoms with Crippen LogP contribution in [-0.4, -0.2) is 17.8 Å². The number of nitrogens with zero attached hydrogens (tertiary/aromatic N) is 1. The summed E-state index contributed by atoms with van der Waals surface area (Å²) in [4.78, 5) is 0. The highest BCUT2D eigenvalue weighted by molar-refractivity contribution is 5.54. The van der Waals surface area contributed by atoms with E-state index in [0.29, 0.717) is 12.1 Å². The first-order valence-electron chi connectivity index (χ1n) is 6.11. The van der Waals surface area contributed by atoms with Gasteiger partial charge >= 0.3 is 6.18 Å². The van der Waals surface area contributed by atoms with Crippen LogP contribution in [0.15, 0.2) is 30.4 Å². The van der Waals surface area contributed by atoms with Gasteiger partial charge in [-0.3, -0.25) is 0 Å². The monoisotopic (exact) mass is 282 g/mol. The highest BCUT2D eigenvalue weighted by atomic mass is 19.4. The van der Waals surface area contributed by atoms with Crippen molar-refractivity contribution in [3.8, 4) is 6.07 Å². The van der Waals surface area contributed by atoms with Crippen molar-refractivity contribution < 1.29 is 18.3 Å². The minimum Gasteiger partial charge on any atom is -0.396 e. The highest BCUT2D eigenvalue weighted by Crippen LogP contribution is 2.34. The molecular weight excluding hydrogens is 269 g/mol. The van der Waals surface area contributed by atoms with Crippen LogP contribution in [0, 0.1) is 17.2 Å². The molecular formula is C14H13F3N2O. The third-order valence-electron chi connectivity index (χ3n) is 3.20. The maximum absolute atomic E-state index is 12.8. The molecule has 0 bridgehead atoms. The number of alkyl halides is 3. The molecule has 2 atom stereocenters. The van der Waals surface area contributed by atoms with E-state index in [1.807, 2.05) is 12.2 Å². The lowest BCUT2D eigenvalue weighted by molar-refractivity contribution is -0.137. The van der Waals surface area contributed by atoms with E-state index in [1.54, 1.807) is 6.07 Å². The molecule has 1 aromatic rings. The number of anilines is 1. The lowest BCUT2D eigenvalue weighted by atomic mass is 10.1. The summed E-state index contributed by atoms with van der Waals surface area (Å²) in [6.45, 7) is 0.0237. The lowest BCUT2D eigenvalue weighted by Gasteiger charge is -2.16. The maximum atomic E-state index is 12.8. The normalized spacial score (nSPS) is 21.8. The number of aliphatic hydroxyl groups excluding tert-OH is 1. The first kappa shape index (κ1) is 14.4. The largest absolute Gasteiger partial charge is 0.417 e. The highest BCUT2D eigenvalue weighted by Gasteiger charge is 2.34. The van der Waals surface area contributed by atoms with Crippen molar-refractivity contribution in [2.75, 3.05) is 11.9 Å². The summed E-state index contributed by atoms with van der Waals surface area (Å²) < 4.78 is 38.5. The summed E-state index contributed by atoms with van der Waals surface area (Å²) in [5, 5.41) is 20.7. The van der Waals surface area contributed by atoms with Crippen LogP contribution in [0.5, 0.6) is 0 Å². The quantitative estimate of drug-likeness (QED) is 0.838. The van der Waals surface area contributed by atoms with Crippen LogP contribution >= 0.6 is 0 Å². The molecule has 0 fully saturated rings. The van der Waals surface area contributed by atoms with Crippen LogP contribution in [0.3, 0.4) is 0 Å². The van der Waals surface area contributed by atoms with Crippen LogP contribution < -0.4 is 5.32 Å². The second-order valence-electron chi connectivity index (χ2n) is 4.68. The molecule has 1 aliphatic rings. The molecule has 0 heterocycles. The number of rotatable bonds is 3. The fraction of sp³-hybridized carbons (Fsp3) is 0.357. The molecule has 20 heavy (non-hydrogen) atoms. The molecule has 2 rings (SSSR count). The average Bonchev–Trinajstić information content (AvgIpc) is 2.85. The molecule has 0 aliphatic heterocycles. The molecule has 0 radical (unpaired) electrons. The topological polar surface area (TPSA) is 56.0 Å². The number of aliphatic hydroxyl groups is 1. The molecule has 2 unspecified atom stereocenters. The molecule has 3 nitrogen and oxygen atoms in total. The number of hydrogen-bond acceptors (Lipinski definition) is 3. The van der Waals surface area contributed by atoms with Gasteiger partial charge in [-0.1, -0.05) is 12.2 Å². The molecule has 0 spiro atoms. The van der Waals surface area contributed by atoms with Gasteiger partial charge < -0.3 is 10.4 Å². The van der Waals surface area contributed by atoms with Gasteiger partial charge in [0.15, 0.2) is 0 Å². The predicted molar refractivity (Wildman–Crippen MR) is 67.9 cm³/mol. The Kier molecular flexibility index (Phi) is 4.00. The number of hydrogen-bond donors (Lipinski definition) is 2. The summed E-state index contributed by atoms with van der Waals surface area (Å²) in [6.07, 6.45) is -0.252. The van der Waals surface area contributed by atoms with E-state index in [-0.39, 0.29) is 18.6 Å². The molecule has 106 valence electrons. The third-order valence-corrected chi connectivity index (χ3v) is 3.20. The van der Waals surface area contributed by atoms with Crippen molar-refractivity contribution in [2.45, 2.75) is 18.6 Å². The third kappa shape index (κ3) is 3.11. The van der Waals surface area contributed by atoms with Gasteiger partial charge in [0.2, 0.25) is 0 Å². The summed E-state index contributed by atoms with van der Waals surface area (Å²) in [7, 11) is 0. The van der Waals surface area contributed by atoms with E-state index in [9.17, 15) is 13.2 Å². The Morgan fingerprint density at radius 3 is 2.65 bits per heavy atom. The van der Waals surface area contributed by atoms with E-state index in [0.717, 1.165) is 12.1 Å². The Morgan fingerprint density at radius 1 is 1.35 bits per heavy atom. The van der Waals surface area contributed by atoms with Gasteiger partial charge in [0, 0.05) is 24.3 Å². The van der Waals surface area contributed by atoms with Gasteiger partial charge in [-0.25, -0.2) is 0 Å². The smallest absolute Gasteiger partial charge is 0.396 e. The molecule has 2 N–H and O–H groups in total. The predicted octanol–water partition coefficient (Wildman–Crippen LogP) is 2.93. The molecule has 6 heteroatoms. The van der Waals surface area contributed by atoms with Gasteiger partial charge in [0.25, 0.3) is 0 Å². The Labute approximate surface area is 114 Å². The van der Waals surface area contributed by atoms with Gasteiger partial charge in [-0.05, 0) is 24.6 Å². The van der Waals surface area contributed by atoms with Crippen molar-refractivity contribution in [1.29, 1.82) is 5.26 Å². The number of benzene rings is 1. The summed E-state index contributed by atoms with van der Waals surface area (Å²) in [6, 6.07) is 4.99. The van der Waals surface area contributed by atoms with Gasteiger partial charge in [0.05, 0.1) is 17.2 Å².